The van der Waals surface area contributed by atoms with Crippen LogP contribution in [0.25, 0.3) is 5.69 Å². The largest absolute Gasteiger partial charge is 0.383 e. The standard InChI is InChI=1S/C28H37N5O3/c1-7-21-11-9-12-22(17-21)29-27(35)32(14-15-36-6)19-26(34)30-25-18-24(28(3,4)5)31-33(25)23-13-8-10-20(2)16-23/h8-13,16-18H,7,14-15,19H2,1-6H3,(H,29,35)(H,30,34). The fourth-order valence-electron chi connectivity index (χ4n) is 3.67. The summed E-state index contributed by atoms with van der Waals surface area (Å²) in [4.78, 5) is 27.6. The van der Waals surface area contributed by atoms with Crippen LogP contribution in [-0.4, -0.2) is 53.4 Å². The highest BCUT2D eigenvalue weighted by Crippen LogP contribution is 2.26. The number of nitrogens with zero attached hydrogens (tertiary/aromatic N) is 3. The average Bonchev–Trinajstić information content (AvgIpc) is 3.26. The minimum absolute atomic E-state index is 0.132. The van der Waals surface area contributed by atoms with Crippen LogP contribution in [0.3, 0.4) is 0 Å². The topological polar surface area (TPSA) is 88.5 Å². The van der Waals surface area contributed by atoms with Crippen molar-refractivity contribution >= 4 is 23.4 Å². The van der Waals surface area contributed by atoms with Gasteiger partial charge in [0, 0.05) is 30.8 Å². The molecular formula is C28H37N5O3. The highest BCUT2D eigenvalue weighted by atomic mass is 16.5. The molecule has 36 heavy (non-hydrogen) atoms. The Balaban J connectivity index is 1.80. The van der Waals surface area contributed by atoms with E-state index in [9.17, 15) is 9.59 Å². The van der Waals surface area contributed by atoms with Crippen molar-refractivity contribution in [3.63, 3.8) is 0 Å². The van der Waals surface area contributed by atoms with Gasteiger partial charge in [-0.05, 0) is 48.7 Å². The summed E-state index contributed by atoms with van der Waals surface area (Å²) in [7, 11) is 1.56. The summed E-state index contributed by atoms with van der Waals surface area (Å²) in [5.74, 6) is 0.232. The third kappa shape index (κ3) is 7.18. The Morgan fingerprint density at radius 3 is 2.47 bits per heavy atom. The maximum atomic E-state index is 13.1. The third-order valence-electron chi connectivity index (χ3n) is 5.77. The number of aryl methyl sites for hydroxylation is 2. The van der Waals surface area contributed by atoms with Gasteiger partial charge >= 0.3 is 6.03 Å². The quantitative estimate of drug-likeness (QED) is 0.433. The van der Waals surface area contributed by atoms with Crippen LogP contribution in [0.4, 0.5) is 16.3 Å². The van der Waals surface area contributed by atoms with Crippen molar-refractivity contribution in [3.8, 4) is 5.69 Å². The summed E-state index contributed by atoms with van der Waals surface area (Å²) in [5.41, 5.74) is 4.40. The van der Waals surface area contributed by atoms with E-state index < -0.39 is 0 Å². The van der Waals surface area contributed by atoms with E-state index in [0.29, 0.717) is 18.1 Å². The van der Waals surface area contributed by atoms with Gasteiger partial charge in [0.05, 0.1) is 18.0 Å². The molecule has 1 heterocycles. The lowest BCUT2D eigenvalue weighted by atomic mass is 9.92. The number of ether oxygens (including phenoxy) is 1. The molecule has 0 radical (unpaired) electrons. The van der Waals surface area contributed by atoms with Crippen molar-refractivity contribution in [1.29, 1.82) is 0 Å². The number of rotatable bonds is 9. The number of carbonyl (C=O) groups is 2. The lowest BCUT2D eigenvalue weighted by Crippen LogP contribution is -2.42. The summed E-state index contributed by atoms with van der Waals surface area (Å²) < 4.78 is 6.91. The Hall–Kier alpha value is -3.65. The van der Waals surface area contributed by atoms with E-state index in [1.807, 2.05) is 61.5 Å². The molecule has 0 fully saturated rings. The molecule has 1 aromatic heterocycles. The van der Waals surface area contributed by atoms with Crippen LogP contribution in [0.1, 0.15) is 44.5 Å². The fraction of sp³-hybridized carbons (Fsp3) is 0.393. The lowest BCUT2D eigenvalue weighted by Gasteiger charge is -2.22. The molecule has 2 aromatic carbocycles. The zero-order valence-corrected chi connectivity index (χ0v) is 22.1. The molecule has 0 bridgehead atoms. The van der Waals surface area contributed by atoms with Gasteiger partial charge in [-0.3, -0.25) is 4.79 Å². The van der Waals surface area contributed by atoms with Crippen LogP contribution >= 0.6 is 0 Å². The van der Waals surface area contributed by atoms with Crippen molar-refractivity contribution in [2.75, 3.05) is 37.4 Å². The van der Waals surface area contributed by atoms with E-state index in [1.165, 1.54) is 4.90 Å². The maximum Gasteiger partial charge on any atom is 0.322 e. The van der Waals surface area contributed by atoms with Gasteiger partial charge in [0.2, 0.25) is 5.91 Å². The van der Waals surface area contributed by atoms with E-state index in [1.54, 1.807) is 11.8 Å². The zero-order valence-electron chi connectivity index (χ0n) is 22.1. The first-order chi connectivity index (χ1) is 17.1. The molecule has 0 saturated heterocycles. The Morgan fingerprint density at radius 1 is 1.06 bits per heavy atom. The first-order valence-corrected chi connectivity index (χ1v) is 12.2. The van der Waals surface area contributed by atoms with Gasteiger partial charge in [-0.25, -0.2) is 9.48 Å². The summed E-state index contributed by atoms with van der Waals surface area (Å²) in [6, 6.07) is 17.1. The van der Waals surface area contributed by atoms with E-state index >= 15 is 0 Å². The maximum absolute atomic E-state index is 13.1. The first-order valence-electron chi connectivity index (χ1n) is 12.2. The molecule has 3 rings (SSSR count). The number of hydrogen-bond donors (Lipinski definition) is 2. The molecule has 2 N–H and O–H groups in total. The normalized spacial score (nSPS) is 11.3. The Kier molecular flexibility index (Phi) is 8.88. The molecule has 3 aromatic rings. The SMILES string of the molecule is CCc1cccc(NC(=O)N(CCOC)CC(=O)Nc2cc(C(C)(C)C)nn2-c2cccc(C)c2)c1. The van der Waals surface area contributed by atoms with Crippen LogP contribution < -0.4 is 10.6 Å². The van der Waals surface area contributed by atoms with Gasteiger partial charge in [-0.15, -0.1) is 0 Å². The first kappa shape index (κ1) is 26.9. The summed E-state index contributed by atoms with van der Waals surface area (Å²) in [6.45, 7) is 10.7. The summed E-state index contributed by atoms with van der Waals surface area (Å²) in [6.07, 6.45) is 0.866. The summed E-state index contributed by atoms with van der Waals surface area (Å²) >= 11 is 0. The molecule has 0 spiro atoms. The Labute approximate surface area is 213 Å². The van der Waals surface area contributed by atoms with Gasteiger partial charge in [-0.1, -0.05) is 52.0 Å². The number of anilines is 2. The zero-order chi connectivity index (χ0) is 26.3. The number of methoxy groups -OCH3 is 1. The van der Waals surface area contributed by atoms with E-state index in [2.05, 4.69) is 38.3 Å². The van der Waals surface area contributed by atoms with Crippen molar-refractivity contribution in [2.45, 2.75) is 46.5 Å². The van der Waals surface area contributed by atoms with Gasteiger partial charge in [-0.2, -0.15) is 5.10 Å². The highest BCUT2D eigenvalue weighted by Gasteiger charge is 2.23. The molecule has 0 aliphatic heterocycles. The number of carbonyl (C=O) groups excluding carboxylic acids is 2. The van der Waals surface area contributed by atoms with Crippen LogP contribution in [0.2, 0.25) is 0 Å². The van der Waals surface area contributed by atoms with Gasteiger partial charge in [0.1, 0.15) is 12.4 Å². The second kappa shape index (κ2) is 11.9. The molecule has 192 valence electrons. The van der Waals surface area contributed by atoms with Crippen molar-refractivity contribution in [2.24, 2.45) is 0 Å². The second-order valence-electron chi connectivity index (χ2n) is 9.86. The number of amides is 3. The minimum atomic E-state index is -0.363. The molecule has 0 atom stereocenters. The molecule has 0 aliphatic carbocycles. The summed E-state index contributed by atoms with van der Waals surface area (Å²) in [5, 5.41) is 10.6. The van der Waals surface area contributed by atoms with E-state index in [-0.39, 0.29) is 30.4 Å². The van der Waals surface area contributed by atoms with Crippen molar-refractivity contribution in [3.05, 3.63) is 71.4 Å². The smallest absolute Gasteiger partial charge is 0.322 e. The molecule has 8 nitrogen and oxygen atoms in total. The molecular weight excluding hydrogens is 454 g/mol. The Bertz CT molecular complexity index is 1200. The van der Waals surface area contributed by atoms with Crippen LogP contribution in [0, 0.1) is 6.92 Å². The van der Waals surface area contributed by atoms with Gasteiger partial charge in [0.25, 0.3) is 0 Å². The third-order valence-corrected chi connectivity index (χ3v) is 5.77. The average molecular weight is 492 g/mol. The number of nitrogens with one attached hydrogen (secondary N) is 2. The number of urea groups is 1. The van der Waals surface area contributed by atoms with Crippen molar-refractivity contribution < 1.29 is 14.3 Å². The Morgan fingerprint density at radius 2 is 1.81 bits per heavy atom. The molecule has 0 unspecified atom stereocenters. The number of hydrogen-bond acceptors (Lipinski definition) is 4. The molecule has 3 amide bonds. The van der Waals surface area contributed by atoms with Crippen molar-refractivity contribution in [1.82, 2.24) is 14.7 Å². The predicted molar refractivity (Wildman–Crippen MR) is 144 cm³/mol. The predicted octanol–water partition coefficient (Wildman–Crippen LogP) is 5.16. The van der Waals surface area contributed by atoms with Crippen LogP contribution in [0.15, 0.2) is 54.6 Å². The second-order valence-corrected chi connectivity index (χ2v) is 9.86. The fourth-order valence-corrected chi connectivity index (χ4v) is 3.67. The van der Waals surface area contributed by atoms with Gasteiger partial charge < -0.3 is 20.3 Å². The lowest BCUT2D eigenvalue weighted by molar-refractivity contribution is -0.116. The molecule has 8 heteroatoms. The number of aromatic nitrogens is 2. The molecule has 0 saturated carbocycles. The van der Waals surface area contributed by atoms with E-state index in [0.717, 1.165) is 28.9 Å². The monoisotopic (exact) mass is 491 g/mol. The number of benzene rings is 2. The van der Waals surface area contributed by atoms with E-state index in [4.69, 9.17) is 9.84 Å². The van der Waals surface area contributed by atoms with Crippen LogP contribution in [-0.2, 0) is 21.4 Å². The minimum Gasteiger partial charge on any atom is -0.383 e. The highest BCUT2D eigenvalue weighted by molar-refractivity contribution is 5.96. The van der Waals surface area contributed by atoms with Gasteiger partial charge in [0.15, 0.2) is 0 Å². The van der Waals surface area contributed by atoms with Crippen LogP contribution in [0.5, 0.6) is 0 Å². The molecule has 0 aliphatic rings.